The molecule has 4 saturated carbocycles. The Morgan fingerprint density at radius 3 is 2.33 bits per heavy atom. The van der Waals surface area contributed by atoms with Gasteiger partial charge in [-0.3, -0.25) is 4.79 Å². The SMILES string of the molecule is COc1ccc2c(c1)/C(=C\C(=O)C13CC4CC(CC(C4)C1)C3)NC(C)(C)C2. The highest BCUT2D eigenvalue weighted by molar-refractivity contribution is 6.01. The molecule has 4 aliphatic carbocycles. The molecule has 3 heteroatoms. The fourth-order valence-corrected chi connectivity index (χ4v) is 6.85. The third-order valence-electron chi connectivity index (χ3n) is 7.55. The van der Waals surface area contributed by atoms with Gasteiger partial charge in [-0.2, -0.15) is 0 Å². The molecular weight excluding hydrogens is 334 g/mol. The topological polar surface area (TPSA) is 38.3 Å². The molecule has 1 aromatic carbocycles. The molecule has 0 aromatic heterocycles. The van der Waals surface area contributed by atoms with Gasteiger partial charge in [-0.25, -0.2) is 0 Å². The van der Waals surface area contributed by atoms with E-state index in [2.05, 4.69) is 31.3 Å². The van der Waals surface area contributed by atoms with Gasteiger partial charge in [-0.15, -0.1) is 0 Å². The van der Waals surface area contributed by atoms with Crippen molar-refractivity contribution < 1.29 is 9.53 Å². The van der Waals surface area contributed by atoms with E-state index in [1.165, 1.54) is 24.8 Å². The van der Waals surface area contributed by atoms with Crippen LogP contribution >= 0.6 is 0 Å². The van der Waals surface area contributed by atoms with E-state index in [4.69, 9.17) is 4.74 Å². The first-order valence-electron chi connectivity index (χ1n) is 10.6. The molecule has 4 fully saturated rings. The third kappa shape index (κ3) is 2.90. The highest BCUT2D eigenvalue weighted by Crippen LogP contribution is 2.60. The Balaban J connectivity index is 1.52. The lowest BCUT2D eigenvalue weighted by Gasteiger charge is -2.55. The molecule has 3 nitrogen and oxygen atoms in total. The van der Waals surface area contributed by atoms with Crippen molar-refractivity contribution in [3.8, 4) is 5.75 Å². The van der Waals surface area contributed by atoms with E-state index in [1.54, 1.807) is 7.11 Å². The number of fused-ring (bicyclic) bond motifs is 1. The maximum absolute atomic E-state index is 13.6. The number of carbonyl (C=O) groups excluding carboxylic acids is 1. The zero-order valence-corrected chi connectivity index (χ0v) is 16.8. The highest BCUT2D eigenvalue weighted by Gasteiger charge is 2.54. The molecule has 1 aromatic rings. The Labute approximate surface area is 162 Å². The molecule has 0 unspecified atom stereocenters. The minimum atomic E-state index is -0.0793. The van der Waals surface area contributed by atoms with Crippen LogP contribution in [0.25, 0.3) is 5.70 Å². The number of allylic oxidation sites excluding steroid dienone is 1. The lowest BCUT2D eigenvalue weighted by molar-refractivity contribution is -0.138. The summed E-state index contributed by atoms with van der Waals surface area (Å²) in [5, 5.41) is 3.65. The molecule has 0 spiro atoms. The molecule has 27 heavy (non-hydrogen) atoms. The minimum Gasteiger partial charge on any atom is -0.497 e. The van der Waals surface area contributed by atoms with Gasteiger partial charge in [0.05, 0.1) is 7.11 Å². The van der Waals surface area contributed by atoms with E-state index in [0.717, 1.165) is 60.4 Å². The van der Waals surface area contributed by atoms with E-state index in [-0.39, 0.29) is 11.0 Å². The van der Waals surface area contributed by atoms with Crippen LogP contribution in [0.5, 0.6) is 5.75 Å². The van der Waals surface area contributed by atoms with E-state index < -0.39 is 0 Å². The molecule has 0 saturated heterocycles. The van der Waals surface area contributed by atoms with Gasteiger partial charge < -0.3 is 10.1 Å². The molecule has 1 N–H and O–H groups in total. The Kier molecular flexibility index (Phi) is 3.76. The summed E-state index contributed by atoms with van der Waals surface area (Å²) in [7, 11) is 1.70. The number of carbonyl (C=O) groups is 1. The summed E-state index contributed by atoms with van der Waals surface area (Å²) < 4.78 is 5.45. The first kappa shape index (κ1) is 17.3. The predicted octanol–water partition coefficient (Wildman–Crippen LogP) is 4.75. The number of ketones is 1. The molecule has 1 heterocycles. The summed E-state index contributed by atoms with van der Waals surface area (Å²) in [5.41, 5.74) is 3.29. The van der Waals surface area contributed by atoms with Crippen molar-refractivity contribution in [1.82, 2.24) is 5.32 Å². The van der Waals surface area contributed by atoms with E-state index in [9.17, 15) is 4.79 Å². The predicted molar refractivity (Wildman–Crippen MR) is 108 cm³/mol. The van der Waals surface area contributed by atoms with Crippen molar-refractivity contribution in [1.29, 1.82) is 0 Å². The van der Waals surface area contributed by atoms with Gasteiger partial charge in [0.2, 0.25) is 0 Å². The largest absolute Gasteiger partial charge is 0.497 e. The number of hydrogen-bond acceptors (Lipinski definition) is 3. The van der Waals surface area contributed by atoms with Crippen molar-refractivity contribution in [2.75, 3.05) is 7.11 Å². The van der Waals surface area contributed by atoms with Crippen LogP contribution in [0.3, 0.4) is 0 Å². The number of methoxy groups -OCH3 is 1. The van der Waals surface area contributed by atoms with E-state index >= 15 is 0 Å². The number of benzene rings is 1. The summed E-state index contributed by atoms with van der Waals surface area (Å²) >= 11 is 0. The fraction of sp³-hybridized carbons (Fsp3) is 0.625. The molecule has 1 aliphatic heterocycles. The summed E-state index contributed by atoms with van der Waals surface area (Å²) in [4.78, 5) is 13.6. The summed E-state index contributed by atoms with van der Waals surface area (Å²) in [6.07, 6.45) is 10.4. The number of hydrogen-bond donors (Lipinski definition) is 1. The molecule has 4 bridgehead atoms. The van der Waals surface area contributed by atoms with Crippen molar-refractivity contribution in [3.63, 3.8) is 0 Å². The molecule has 144 valence electrons. The zero-order valence-electron chi connectivity index (χ0n) is 16.8. The lowest BCUT2D eigenvalue weighted by atomic mass is 9.48. The van der Waals surface area contributed by atoms with Crippen molar-refractivity contribution in [3.05, 3.63) is 35.4 Å². The summed E-state index contributed by atoms with van der Waals surface area (Å²) in [5.74, 6) is 3.60. The summed E-state index contributed by atoms with van der Waals surface area (Å²) in [6, 6.07) is 6.26. The Morgan fingerprint density at radius 1 is 1.11 bits per heavy atom. The van der Waals surface area contributed by atoms with Gasteiger partial charge in [0.15, 0.2) is 5.78 Å². The summed E-state index contributed by atoms with van der Waals surface area (Å²) in [6.45, 7) is 4.42. The average Bonchev–Trinajstić information content (AvgIpc) is 2.59. The van der Waals surface area contributed by atoms with Crippen LogP contribution in [0, 0.1) is 23.2 Å². The molecular formula is C24H31NO2. The maximum Gasteiger partial charge on any atom is 0.163 e. The van der Waals surface area contributed by atoms with Crippen LogP contribution in [-0.2, 0) is 11.2 Å². The van der Waals surface area contributed by atoms with Crippen LogP contribution in [0.15, 0.2) is 24.3 Å². The smallest absolute Gasteiger partial charge is 0.163 e. The fourth-order valence-electron chi connectivity index (χ4n) is 6.85. The third-order valence-corrected chi connectivity index (χ3v) is 7.55. The zero-order chi connectivity index (χ0) is 18.8. The van der Waals surface area contributed by atoms with Crippen LogP contribution in [0.1, 0.15) is 63.5 Å². The number of rotatable bonds is 3. The van der Waals surface area contributed by atoms with Gasteiger partial charge in [-0.1, -0.05) is 6.07 Å². The minimum absolute atomic E-state index is 0.0465. The number of nitrogens with one attached hydrogen (secondary N) is 1. The standard InChI is InChI=1S/C24H31NO2/c1-23(2)14-18-4-5-19(27-3)9-20(18)21(25-23)10-22(26)24-11-15-6-16(12-24)8-17(7-15)13-24/h4-5,9-10,15-17,25H,6-8,11-14H2,1-3H3/b21-10+. The van der Waals surface area contributed by atoms with Crippen molar-refractivity contribution in [2.24, 2.45) is 23.2 Å². The second-order valence-corrected chi connectivity index (χ2v) is 10.3. The van der Waals surface area contributed by atoms with Gasteiger partial charge in [0, 0.05) is 28.3 Å². The molecule has 0 amide bonds. The molecule has 0 radical (unpaired) electrons. The second kappa shape index (κ2) is 5.86. The van der Waals surface area contributed by atoms with Crippen molar-refractivity contribution >= 4 is 11.5 Å². The van der Waals surface area contributed by atoms with E-state index in [0.29, 0.717) is 5.78 Å². The normalized spacial score (nSPS) is 37.0. The first-order valence-corrected chi connectivity index (χ1v) is 10.6. The van der Waals surface area contributed by atoms with Crippen LogP contribution < -0.4 is 10.1 Å². The molecule has 5 aliphatic rings. The van der Waals surface area contributed by atoms with Gasteiger partial charge in [0.1, 0.15) is 5.75 Å². The van der Waals surface area contributed by atoms with Crippen LogP contribution in [-0.4, -0.2) is 18.4 Å². The lowest BCUT2D eigenvalue weighted by Crippen LogP contribution is -2.50. The second-order valence-electron chi connectivity index (χ2n) is 10.3. The average molecular weight is 366 g/mol. The highest BCUT2D eigenvalue weighted by atomic mass is 16.5. The van der Waals surface area contributed by atoms with Crippen LogP contribution in [0.4, 0.5) is 0 Å². The quantitative estimate of drug-likeness (QED) is 0.786. The molecule has 0 atom stereocenters. The van der Waals surface area contributed by atoms with Gasteiger partial charge in [-0.05, 0) is 94.2 Å². The Hall–Kier alpha value is -1.77. The van der Waals surface area contributed by atoms with Gasteiger partial charge >= 0.3 is 0 Å². The van der Waals surface area contributed by atoms with Gasteiger partial charge in [0.25, 0.3) is 0 Å². The molecule has 6 rings (SSSR count). The first-order chi connectivity index (χ1) is 12.9. The Morgan fingerprint density at radius 2 is 1.74 bits per heavy atom. The maximum atomic E-state index is 13.6. The number of ether oxygens (including phenoxy) is 1. The monoisotopic (exact) mass is 365 g/mol. The van der Waals surface area contributed by atoms with Crippen molar-refractivity contribution in [2.45, 2.75) is 64.3 Å². The van der Waals surface area contributed by atoms with E-state index in [1.807, 2.05) is 12.1 Å². The van der Waals surface area contributed by atoms with Crippen LogP contribution in [0.2, 0.25) is 0 Å². The Bertz CT molecular complexity index is 784.